The largest absolute Gasteiger partial charge is 0.494 e. The smallest absolute Gasteiger partial charge is 0.415 e. The average Bonchev–Trinajstić information content (AvgIpc) is 3.66. The van der Waals surface area contributed by atoms with Gasteiger partial charge in [0.15, 0.2) is 0 Å². The number of rotatable bonds is 9. The van der Waals surface area contributed by atoms with E-state index in [0.717, 1.165) is 63.9 Å². The van der Waals surface area contributed by atoms with Crippen molar-refractivity contribution in [1.29, 1.82) is 0 Å². The Morgan fingerprint density at radius 3 is 2.67 bits per heavy atom. The number of hydrogen-bond donors (Lipinski definition) is 1. The maximum Gasteiger partial charge on any atom is 0.415 e. The van der Waals surface area contributed by atoms with Gasteiger partial charge in [0.1, 0.15) is 17.2 Å². The van der Waals surface area contributed by atoms with Crippen molar-refractivity contribution in [3.05, 3.63) is 77.5 Å². The molecule has 0 saturated carbocycles. The maximum absolute atomic E-state index is 14.2. The van der Waals surface area contributed by atoms with Gasteiger partial charge in [-0.1, -0.05) is 64.0 Å². The molecule has 1 aromatic heterocycles. The highest BCUT2D eigenvalue weighted by atomic mass is 35.5. The van der Waals surface area contributed by atoms with Crippen LogP contribution in [0.15, 0.2) is 66.2 Å². The Kier molecular flexibility index (Phi) is 9.14. The summed E-state index contributed by atoms with van der Waals surface area (Å²) in [6.07, 6.45) is 2.79. The molecule has 0 bridgehead atoms. The zero-order valence-electron chi connectivity index (χ0n) is 25.8. The van der Waals surface area contributed by atoms with Crippen LogP contribution < -0.4 is 14.4 Å². The predicted octanol–water partition coefficient (Wildman–Crippen LogP) is 7.88. The molecule has 2 saturated heterocycles. The number of carbonyl (C=O) groups is 2. The number of carbonyl (C=O) groups excluding carboxylic acids is 2. The molecule has 0 aliphatic carbocycles. The van der Waals surface area contributed by atoms with Crippen molar-refractivity contribution in [3.63, 3.8) is 0 Å². The van der Waals surface area contributed by atoms with Crippen molar-refractivity contribution in [1.82, 2.24) is 14.8 Å². The van der Waals surface area contributed by atoms with Gasteiger partial charge in [-0.15, -0.1) is 0 Å². The summed E-state index contributed by atoms with van der Waals surface area (Å²) in [6, 6.07) is 17.4. The monoisotopic (exact) mass is 676 g/mol. The van der Waals surface area contributed by atoms with Gasteiger partial charge in [-0.05, 0) is 67.6 Å². The molecular formula is C35H37ClN4O4S2. The Bertz CT molecular complexity index is 1800. The fourth-order valence-electron chi connectivity index (χ4n) is 6.46. The first kappa shape index (κ1) is 31.3. The third kappa shape index (κ3) is 6.20. The summed E-state index contributed by atoms with van der Waals surface area (Å²) in [5.74, 6) is 2.57. The van der Waals surface area contributed by atoms with Gasteiger partial charge < -0.3 is 29.2 Å². The number of benzene rings is 3. The number of anilines is 1. The molecule has 2 atom stereocenters. The first-order valence-electron chi connectivity index (χ1n) is 15.8. The SMILES string of the molecule is C=C(Cl)[C@@H]1CN(C(=O)c2cc3cc(OCCCN4CCC4)ccc3[nH]2)c2cc(OC(=O)N(C)[C@H]3CCSSC3)c3ccccc3c21. The van der Waals surface area contributed by atoms with Crippen molar-refractivity contribution in [2.45, 2.75) is 31.2 Å². The normalized spacial score (nSPS) is 19.6. The van der Waals surface area contributed by atoms with Crippen LogP contribution in [0, 0.1) is 0 Å². The molecule has 4 heterocycles. The van der Waals surface area contributed by atoms with Gasteiger partial charge in [-0.3, -0.25) is 4.79 Å². The zero-order valence-corrected chi connectivity index (χ0v) is 28.2. The van der Waals surface area contributed by atoms with Crippen LogP contribution in [0.1, 0.15) is 41.2 Å². The second-order valence-electron chi connectivity index (χ2n) is 12.1. The molecule has 4 aromatic rings. The Morgan fingerprint density at radius 2 is 1.93 bits per heavy atom. The summed E-state index contributed by atoms with van der Waals surface area (Å²) in [6.45, 7) is 8.47. The number of nitrogens with zero attached hydrogens (tertiary/aromatic N) is 3. The highest BCUT2D eigenvalue weighted by Gasteiger charge is 2.37. The van der Waals surface area contributed by atoms with Crippen LogP contribution in [0.25, 0.3) is 21.7 Å². The van der Waals surface area contributed by atoms with E-state index in [-0.39, 0.29) is 17.9 Å². The van der Waals surface area contributed by atoms with E-state index in [1.807, 2.05) is 59.3 Å². The van der Waals surface area contributed by atoms with Crippen LogP contribution in [0.4, 0.5) is 10.5 Å². The zero-order chi connectivity index (χ0) is 31.8. The Morgan fingerprint density at radius 1 is 1.11 bits per heavy atom. The minimum atomic E-state index is -0.411. The molecule has 3 aliphatic rings. The minimum Gasteiger partial charge on any atom is -0.494 e. The first-order chi connectivity index (χ1) is 22.4. The van der Waals surface area contributed by atoms with Crippen molar-refractivity contribution >= 4 is 72.6 Å². The van der Waals surface area contributed by atoms with Crippen molar-refractivity contribution in [2.75, 3.05) is 56.2 Å². The van der Waals surface area contributed by atoms with Crippen molar-refractivity contribution in [2.24, 2.45) is 0 Å². The van der Waals surface area contributed by atoms with Crippen molar-refractivity contribution in [3.8, 4) is 11.5 Å². The molecule has 8 nitrogen and oxygen atoms in total. The molecule has 0 radical (unpaired) electrons. The molecule has 3 aromatic carbocycles. The second kappa shape index (κ2) is 13.4. The number of likely N-dealkylation sites (tertiary alicyclic amines) is 1. The minimum absolute atomic E-state index is 0.111. The quantitative estimate of drug-likeness (QED) is 0.143. The van der Waals surface area contributed by atoms with Crippen LogP contribution >= 0.6 is 33.2 Å². The number of aromatic amines is 1. The Labute approximate surface area is 281 Å². The summed E-state index contributed by atoms with van der Waals surface area (Å²) in [7, 11) is 5.40. The molecule has 3 aliphatic heterocycles. The summed E-state index contributed by atoms with van der Waals surface area (Å²) in [5.41, 5.74) is 2.87. The predicted molar refractivity (Wildman–Crippen MR) is 190 cm³/mol. The molecule has 2 fully saturated rings. The standard InChI is InChI=1S/C35H37ClN4O4S2/c1-22(36)28-20-40(34(41)30-18-23-17-25(9-10-29(23)37-30)43-15-6-14-39-12-5-13-39)31-19-32(26-7-3-4-8-27(26)33(28)31)44-35(42)38(2)24-11-16-45-46-21-24/h3-4,7-10,17-19,24,28,37H,1,5-6,11-16,20-21H2,2H3/t24-,28-/m0/s1. The van der Waals surface area contributed by atoms with Crippen LogP contribution in [0.5, 0.6) is 11.5 Å². The highest BCUT2D eigenvalue weighted by molar-refractivity contribution is 8.76. The van der Waals surface area contributed by atoms with E-state index in [4.69, 9.17) is 21.1 Å². The first-order valence-corrected chi connectivity index (χ1v) is 18.6. The van der Waals surface area contributed by atoms with E-state index in [1.54, 1.807) is 33.7 Å². The molecule has 11 heteroatoms. The number of H-pyrrole nitrogens is 1. The summed E-state index contributed by atoms with van der Waals surface area (Å²) >= 11 is 6.59. The summed E-state index contributed by atoms with van der Waals surface area (Å²) in [4.78, 5) is 36.7. The van der Waals surface area contributed by atoms with E-state index >= 15 is 0 Å². The van der Waals surface area contributed by atoms with Crippen LogP contribution in [0.3, 0.4) is 0 Å². The molecule has 0 spiro atoms. The molecule has 1 N–H and O–H groups in total. The number of fused-ring (bicyclic) bond motifs is 4. The van der Waals surface area contributed by atoms with E-state index in [9.17, 15) is 9.59 Å². The maximum atomic E-state index is 14.2. The van der Waals surface area contributed by atoms with E-state index in [0.29, 0.717) is 35.3 Å². The Balaban J connectivity index is 1.17. The van der Waals surface area contributed by atoms with Gasteiger partial charge in [0.2, 0.25) is 0 Å². The lowest BCUT2D eigenvalue weighted by molar-refractivity contribution is 0.0984. The third-order valence-corrected chi connectivity index (χ3v) is 12.0. The lowest BCUT2D eigenvalue weighted by Gasteiger charge is -2.30. The summed E-state index contributed by atoms with van der Waals surface area (Å²) in [5, 5.41) is 3.02. The molecular weight excluding hydrogens is 640 g/mol. The molecule has 240 valence electrons. The van der Waals surface area contributed by atoms with Crippen LogP contribution in [-0.2, 0) is 0 Å². The molecule has 2 amide bonds. The third-order valence-electron chi connectivity index (χ3n) is 9.22. The van der Waals surface area contributed by atoms with E-state index < -0.39 is 6.09 Å². The van der Waals surface area contributed by atoms with Crippen molar-refractivity contribution < 1.29 is 19.1 Å². The van der Waals surface area contributed by atoms with E-state index in [2.05, 4.69) is 16.5 Å². The number of nitrogens with one attached hydrogen (secondary N) is 1. The number of amides is 2. The fraction of sp³-hybridized carbons (Fsp3) is 0.371. The number of ether oxygens (including phenoxy) is 2. The topological polar surface area (TPSA) is 78.1 Å². The fourth-order valence-corrected chi connectivity index (χ4v) is 9.17. The van der Waals surface area contributed by atoms with Gasteiger partial charge in [0, 0.05) is 71.0 Å². The highest BCUT2D eigenvalue weighted by Crippen LogP contribution is 2.48. The number of aromatic nitrogens is 1. The molecule has 46 heavy (non-hydrogen) atoms. The van der Waals surface area contributed by atoms with Gasteiger partial charge in [0.25, 0.3) is 5.91 Å². The lowest BCUT2D eigenvalue weighted by Crippen LogP contribution is -2.41. The van der Waals surface area contributed by atoms with Gasteiger partial charge in [-0.25, -0.2) is 4.79 Å². The number of halogens is 1. The van der Waals surface area contributed by atoms with Gasteiger partial charge in [0.05, 0.1) is 12.3 Å². The summed E-state index contributed by atoms with van der Waals surface area (Å²) < 4.78 is 12.1. The second-order valence-corrected chi connectivity index (χ2v) is 15.2. The Hall–Kier alpha value is -3.31. The van der Waals surface area contributed by atoms with Gasteiger partial charge >= 0.3 is 6.09 Å². The van der Waals surface area contributed by atoms with Crippen LogP contribution in [-0.4, -0.2) is 84.2 Å². The van der Waals surface area contributed by atoms with Crippen LogP contribution in [0.2, 0.25) is 0 Å². The molecule has 0 unspecified atom stereocenters. The average molecular weight is 677 g/mol. The van der Waals surface area contributed by atoms with E-state index in [1.165, 1.54) is 19.5 Å². The lowest BCUT2D eigenvalue weighted by atomic mass is 9.94. The van der Waals surface area contributed by atoms with Gasteiger partial charge in [-0.2, -0.15) is 0 Å². The number of hydrogen-bond acceptors (Lipinski definition) is 7. The molecule has 7 rings (SSSR count).